The number of halogens is 2. The second kappa shape index (κ2) is 8.94. The number of nitrogens with zero attached hydrogens (tertiary/aromatic N) is 1. The molecule has 0 saturated carbocycles. The number of carbonyl (C=O) groups excluding carboxylic acids is 1. The summed E-state index contributed by atoms with van der Waals surface area (Å²) in [7, 11) is 5.03. The van der Waals surface area contributed by atoms with Gasteiger partial charge in [0.15, 0.2) is 11.5 Å². The van der Waals surface area contributed by atoms with Crippen molar-refractivity contribution in [2.24, 2.45) is 0 Å². The highest BCUT2D eigenvalue weighted by Gasteiger charge is 2.14. The summed E-state index contributed by atoms with van der Waals surface area (Å²) in [5.74, 6) is 1.13. The molecule has 0 radical (unpaired) electrons. The van der Waals surface area contributed by atoms with Crippen LogP contribution in [-0.4, -0.2) is 38.6 Å². The Morgan fingerprint density at radius 3 is 2.60 bits per heavy atom. The summed E-state index contributed by atoms with van der Waals surface area (Å²) < 4.78 is 10.7. The number of hydrogen-bond donors (Lipinski definition) is 1. The van der Waals surface area contributed by atoms with Crippen molar-refractivity contribution in [3.8, 4) is 11.5 Å². The van der Waals surface area contributed by atoms with Gasteiger partial charge >= 0.3 is 0 Å². The molecule has 0 heterocycles. The van der Waals surface area contributed by atoms with Crippen molar-refractivity contribution >= 4 is 34.8 Å². The van der Waals surface area contributed by atoms with Crippen molar-refractivity contribution in [1.29, 1.82) is 0 Å². The standard InChI is InChI=1S/C18H20Cl2N2O3/c1-22(10-12-5-4-6-16(24-2)18(12)25-3)11-17(23)21-15-9-13(19)7-8-14(15)20/h4-9H,10-11H2,1-3H3,(H,21,23). The van der Waals surface area contributed by atoms with Crippen LogP contribution in [0, 0.1) is 0 Å². The topological polar surface area (TPSA) is 50.8 Å². The fourth-order valence-electron chi connectivity index (χ4n) is 2.45. The highest BCUT2D eigenvalue weighted by Crippen LogP contribution is 2.31. The Morgan fingerprint density at radius 2 is 1.92 bits per heavy atom. The average Bonchev–Trinajstić information content (AvgIpc) is 2.57. The Morgan fingerprint density at radius 1 is 1.16 bits per heavy atom. The Hall–Kier alpha value is -1.95. The third-order valence-corrected chi connectivity index (χ3v) is 4.11. The van der Waals surface area contributed by atoms with Gasteiger partial charge in [-0.05, 0) is 31.3 Å². The molecular formula is C18H20Cl2N2O3. The number of carbonyl (C=O) groups is 1. The van der Waals surface area contributed by atoms with Gasteiger partial charge in [0.1, 0.15) is 0 Å². The minimum Gasteiger partial charge on any atom is -0.493 e. The van der Waals surface area contributed by atoms with Crippen LogP contribution in [0.15, 0.2) is 36.4 Å². The zero-order chi connectivity index (χ0) is 18.4. The van der Waals surface area contributed by atoms with E-state index in [2.05, 4.69) is 5.32 Å². The van der Waals surface area contributed by atoms with Crippen LogP contribution in [0.5, 0.6) is 11.5 Å². The number of para-hydroxylation sites is 1. The van der Waals surface area contributed by atoms with Gasteiger partial charge in [-0.3, -0.25) is 9.69 Å². The number of anilines is 1. The van der Waals surface area contributed by atoms with Crippen LogP contribution in [0.2, 0.25) is 10.0 Å². The molecule has 2 aromatic carbocycles. The molecule has 0 saturated heterocycles. The van der Waals surface area contributed by atoms with Crippen molar-refractivity contribution < 1.29 is 14.3 Å². The Bertz CT molecular complexity index is 753. The van der Waals surface area contributed by atoms with E-state index in [1.54, 1.807) is 32.4 Å². The Balaban J connectivity index is 2.01. The lowest BCUT2D eigenvalue weighted by molar-refractivity contribution is -0.117. The second-order valence-corrected chi connectivity index (χ2v) is 6.34. The van der Waals surface area contributed by atoms with Crippen molar-refractivity contribution in [3.05, 3.63) is 52.0 Å². The first kappa shape index (κ1) is 19.4. The summed E-state index contributed by atoms with van der Waals surface area (Å²) in [5, 5.41) is 3.71. The van der Waals surface area contributed by atoms with E-state index in [0.717, 1.165) is 5.56 Å². The zero-order valence-electron chi connectivity index (χ0n) is 14.3. The van der Waals surface area contributed by atoms with Crippen molar-refractivity contribution in [3.63, 3.8) is 0 Å². The molecule has 0 fully saturated rings. The molecule has 0 aliphatic rings. The first-order chi connectivity index (χ1) is 11.9. The number of ether oxygens (including phenoxy) is 2. The fraction of sp³-hybridized carbons (Fsp3) is 0.278. The minimum absolute atomic E-state index is 0.184. The molecule has 2 aromatic rings. The van der Waals surface area contributed by atoms with E-state index < -0.39 is 0 Å². The van der Waals surface area contributed by atoms with Gasteiger partial charge in [-0.2, -0.15) is 0 Å². The van der Waals surface area contributed by atoms with Crippen LogP contribution < -0.4 is 14.8 Å². The molecule has 25 heavy (non-hydrogen) atoms. The average molecular weight is 383 g/mol. The predicted molar refractivity (Wildman–Crippen MR) is 101 cm³/mol. The summed E-state index contributed by atoms with van der Waals surface area (Å²) in [5.41, 5.74) is 1.42. The van der Waals surface area contributed by atoms with Gasteiger partial charge in [0.05, 0.1) is 31.5 Å². The number of rotatable bonds is 7. The van der Waals surface area contributed by atoms with Crippen LogP contribution in [0.3, 0.4) is 0 Å². The third-order valence-electron chi connectivity index (χ3n) is 3.54. The summed E-state index contributed by atoms with van der Waals surface area (Å²) in [4.78, 5) is 14.1. The van der Waals surface area contributed by atoms with E-state index in [1.807, 2.05) is 30.1 Å². The Labute approximate surface area is 157 Å². The van der Waals surface area contributed by atoms with Gasteiger partial charge < -0.3 is 14.8 Å². The summed E-state index contributed by atoms with van der Waals surface area (Å²) in [6.07, 6.45) is 0. The van der Waals surface area contributed by atoms with Crippen LogP contribution in [0.1, 0.15) is 5.56 Å². The molecule has 134 valence electrons. The molecule has 0 unspecified atom stereocenters. The van der Waals surface area contributed by atoms with Crippen LogP contribution >= 0.6 is 23.2 Å². The van der Waals surface area contributed by atoms with Gasteiger partial charge in [-0.1, -0.05) is 35.3 Å². The normalized spacial score (nSPS) is 10.6. The number of hydrogen-bond acceptors (Lipinski definition) is 4. The number of likely N-dealkylation sites (N-methyl/N-ethyl adjacent to an activating group) is 1. The molecule has 1 N–H and O–H groups in total. The molecule has 0 aromatic heterocycles. The van der Waals surface area contributed by atoms with Crippen LogP contribution in [-0.2, 0) is 11.3 Å². The Kier molecular flexibility index (Phi) is 6.93. The number of amides is 1. The molecule has 0 aliphatic heterocycles. The maximum absolute atomic E-state index is 12.2. The molecule has 5 nitrogen and oxygen atoms in total. The number of nitrogens with one attached hydrogen (secondary N) is 1. The van der Waals surface area contributed by atoms with Crippen LogP contribution in [0.25, 0.3) is 0 Å². The highest BCUT2D eigenvalue weighted by atomic mass is 35.5. The van der Waals surface area contributed by atoms with Crippen molar-refractivity contribution in [2.75, 3.05) is 33.1 Å². The van der Waals surface area contributed by atoms with Gasteiger partial charge in [0, 0.05) is 17.1 Å². The van der Waals surface area contributed by atoms with E-state index >= 15 is 0 Å². The highest BCUT2D eigenvalue weighted by molar-refractivity contribution is 6.35. The lowest BCUT2D eigenvalue weighted by Gasteiger charge is -2.19. The maximum Gasteiger partial charge on any atom is 0.238 e. The molecule has 0 aliphatic carbocycles. The third kappa shape index (κ3) is 5.26. The summed E-state index contributed by atoms with van der Waals surface area (Å²) in [6.45, 7) is 0.709. The fourth-order valence-corrected chi connectivity index (χ4v) is 2.79. The van der Waals surface area contributed by atoms with Crippen molar-refractivity contribution in [2.45, 2.75) is 6.54 Å². The molecule has 0 atom stereocenters. The molecule has 7 heteroatoms. The van der Waals surface area contributed by atoms with E-state index in [1.165, 1.54) is 0 Å². The van der Waals surface area contributed by atoms with E-state index in [-0.39, 0.29) is 12.5 Å². The molecule has 0 spiro atoms. The first-order valence-electron chi connectivity index (χ1n) is 7.58. The SMILES string of the molecule is COc1cccc(CN(C)CC(=O)Nc2cc(Cl)ccc2Cl)c1OC. The second-order valence-electron chi connectivity index (χ2n) is 5.50. The smallest absolute Gasteiger partial charge is 0.238 e. The molecule has 0 bridgehead atoms. The monoisotopic (exact) mass is 382 g/mol. The summed E-state index contributed by atoms with van der Waals surface area (Å²) in [6, 6.07) is 10.6. The van der Waals surface area contributed by atoms with E-state index in [4.69, 9.17) is 32.7 Å². The first-order valence-corrected chi connectivity index (χ1v) is 8.33. The largest absolute Gasteiger partial charge is 0.493 e. The van der Waals surface area contributed by atoms with Gasteiger partial charge in [0.25, 0.3) is 0 Å². The lowest BCUT2D eigenvalue weighted by Crippen LogP contribution is -2.30. The van der Waals surface area contributed by atoms with Gasteiger partial charge in [0.2, 0.25) is 5.91 Å². The lowest BCUT2D eigenvalue weighted by atomic mass is 10.1. The summed E-state index contributed by atoms with van der Waals surface area (Å²) >= 11 is 12.0. The molecule has 2 rings (SSSR count). The van der Waals surface area contributed by atoms with Gasteiger partial charge in [-0.25, -0.2) is 0 Å². The minimum atomic E-state index is -0.187. The van der Waals surface area contributed by atoms with Gasteiger partial charge in [-0.15, -0.1) is 0 Å². The quantitative estimate of drug-likeness (QED) is 0.783. The number of benzene rings is 2. The van der Waals surface area contributed by atoms with Crippen LogP contribution in [0.4, 0.5) is 5.69 Å². The predicted octanol–water partition coefficient (Wildman–Crippen LogP) is 4.08. The van der Waals surface area contributed by atoms with E-state index in [9.17, 15) is 4.79 Å². The van der Waals surface area contributed by atoms with E-state index in [0.29, 0.717) is 33.8 Å². The zero-order valence-corrected chi connectivity index (χ0v) is 15.8. The number of methoxy groups -OCH3 is 2. The molecule has 1 amide bonds. The van der Waals surface area contributed by atoms with Crippen molar-refractivity contribution in [1.82, 2.24) is 4.90 Å². The molecular weight excluding hydrogens is 363 g/mol. The maximum atomic E-state index is 12.2.